The molecule has 0 fully saturated rings. The quantitative estimate of drug-likeness (QED) is 0.717. The van der Waals surface area contributed by atoms with Crippen LogP contribution in [0.3, 0.4) is 0 Å². The summed E-state index contributed by atoms with van der Waals surface area (Å²) in [6.07, 6.45) is 4.03. The Morgan fingerprint density at radius 3 is 2.62 bits per heavy atom. The van der Waals surface area contributed by atoms with Crippen molar-refractivity contribution < 1.29 is 17.6 Å². The van der Waals surface area contributed by atoms with Crippen molar-refractivity contribution in [3.63, 3.8) is 0 Å². The third kappa shape index (κ3) is 5.35. The molecule has 29 heavy (non-hydrogen) atoms. The van der Waals surface area contributed by atoms with E-state index in [-0.39, 0.29) is 40.9 Å². The van der Waals surface area contributed by atoms with Gasteiger partial charge >= 0.3 is 0 Å². The molecule has 0 saturated heterocycles. The lowest BCUT2D eigenvalue weighted by atomic mass is 9.92. The third-order valence-corrected chi connectivity index (χ3v) is 6.96. The van der Waals surface area contributed by atoms with Gasteiger partial charge < -0.3 is 4.90 Å². The lowest BCUT2D eigenvalue weighted by molar-refractivity contribution is -0.130. The lowest BCUT2D eigenvalue weighted by Gasteiger charge is -2.19. The average Bonchev–Trinajstić information content (AvgIpc) is 2.70. The maximum atomic E-state index is 13.9. The van der Waals surface area contributed by atoms with E-state index in [1.165, 1.54) is 29.6 Å². The summed E-state index contributed by atoms with van der Waals surface area (Å²) in [5.74, 6) is -0.789. The van der Waals surface area contributed by atoms with Gasteiger partial charge in [0.05, 0.1) is 4.90 Å². The number of carbonyl (C=O) groups is 1. The molecule has 1 aliphatic carbocycles. The van der Waals surface area contributed by atoms with Crippen molar-refractivity contribution in [2.24, 2.45) is 0 Å². The maximum Gasteiger partial charge on any atom is 0.240 e. The molecule has 3 rings (SSSR count). The second-order valence-electron chi connectivity index (χ2n) is 7.24. The number of amides is 1. The van der Waals surface area contributed by atoms with Crippen molar-refractivity contribution in [3.8, 4) is 0 Å². The van der Waals surface area contributed by atoms with Crippen LogP contribution >= 0.6 is 11.6 Å². The number of hydrogen-bond donors (Lipinski definition) is 1. The number of sulfonamides is 1. The summed E-state index contributed by atoms with van der Waals surface area (Å²) >= 11 is 5.99. The molecule has 0 unspecified atom stereocenters. The van der Waals surface area contributed by atoms with Gasteiger partial charge in [0.1, 0.15) is 5.82 Å². The molecule has 0 spiro atoms. The highest BCUT2D eigenvalue weighted by atomic mass is 35.5. The molecule has 0 atom stereocenters. The Balaban J connectivity index is 1.56. The van der Waals surface area contributed by atoms with E-state index < -0.39 is 15.8 Å². The molecular formula is C21H24ClFN2O3S. The molecule has 0 saturated carbocycles. The molecule has 1 amide bonds. The number of hydrogen-bond acceptors (Lipinski definition) is 3. The number of rotatable bonds is 7. The van der Waals surface area contributed by atoms with Crippen molar-refractivity contribution in [2.45, 2.75) is 43.5 Å². The first kappa shape index (κ1) is 21.7. The van der Waals surface area contributed by atoms with Crippen molar-refractivity contribution in [1.82, 2.24) is 9.62 Å². The largest absolute Gasteiger partial charge is 0.341 e. The number of nitrogens with zero attached hydrogens (tertiary/aromatic N) is 1. The molecule has 156 valence electrons. The first-order chi connectivity index (χ1) is 13.8. The summed E-state index contributed by atoms with van der Waals surface area (Å²) in [7, 11) is -2.16. The molecule has 1 N–H and O–H groups in total. The Kier molecular flexibility index (Phi) is 6.93. The number of halogens is 2. The fourth-order valence-electron chi connectivity index (χ4n) is 3.45. The molecule has 0 radical (unpaired) electrons. The lowest BCUT2D eigenvalue weighted by Crippen LogP contribution is -2.32. The first-order valence-electron chi connectivity index (χ1n) is 9.56. The molecule has 1 aliphatic rings. The normalized spacial score (nSPS) is 13.8. The van der Waals surface area contributed by atoms with Gasteiger partial charge in [0.15, 0.2) is 0 Å². The van der Waals surface area contributed by atoms with Gasteiger partial charge in [-0.05, 0) is 61.1 Å². The SMILES string of the molecule is CN(Cc1c(F)cccc1Cl)C(=O)CCNS(=O)(=O)c1ccc2c(c1)CCCC2. The van der Waals surface area contributed by atoms with E-state index in [4.69, 9.17) is 11.6 Å². The van der Waals surface area contributed by atoms with Crippen LogP contribution in [0.2, 0.25) is 5.02 Å². The maximum absolute atomic E-state index is 13.9. The molecule has 2 aromatic rings. The molecule has 0 aromatic heterocycles. The van der Waals surface area contributed by atoms with E-state index in [1.807, 2.05) is 6.07 Å². The third-order valence-electron chi connectivity index (χ3n) is 5.14. The van der Waals surface area contributed by atoms with E-state index in [0.717, 1.165) is 31.2 Å². The van der Waals surface area contributed by atoms with Crippen LogP contribution in [0.4, 0.5) is 4.39 Å². The number of fused-ring (bicyclic) bond motifs is 1. The van der Waals surface area contributed by atoms with Crippen molar-refractivity contribution >= 4 is 27.5 Å². The monoisotopic (exact) mass is 438 g/mol. The molecule has 0 aliphatic heterocycles. The Labute approximate surface area is 175 Å². The van der Waals surface area contributed by atoms with E-state index in [0.29, 0.717) is 0 Å². The smallest absolute Gasteiger partial charge is 0.240 e. The van der Waals surface area contributed by atoms with Crippen molar-refractivity contribution in [3.05, 3.63) is 63.9 Å². The summed E-state index contributed by atoms with van der Waals surface area (Å²) in [5, 5.41) is 0.248. The highest BCUT2D eigenvalue weighted by Gasteiger charge is 2.19. The van der Waals surface area contributed by atoms with Gasteiger partial charge in [-0.2, -0.15) is 0 Å². The molecule has 2 aromatic carbocycles. The summed E-state index contributed by atoms with van der Waals surface area (Å²) < 4.78 is 41.4. The first-order valence-corrected chi connectivity index (χ1v) is 11.4. The highest BCUT2D eigenvalue weighted by Crippen LogP contribution is 2.24. The van der Waals surface area contributed by atoms with Crippen LogP contribution < -0.4 is 4.72 Å². The van der Waals surface area contributed by atoms with Crippen molar-refractivity contribution in [1.29, 1.82) is 0 Å². The van der Waals surface area contributed by atoms with Gasteiger partial charge in [-0.1, -0.05) is 23.7 Å². The van der Waals surface area contributed by atoms with Gasteiger partial charge in [-0.15, -0.1) is 0 Å². The van der Waals surface area contributed by atoms with Gasteiger partial charge in [0, 0.05) is 37.1 Å². The van der Waals surface area contributed by atoms with Crippen LogP contribution in [0.1, 0.15) is 36.0 Å². The van der Waals surface area contributed by atoms with Crippen LogP contribution in [0, 0.1) is 5.82 Å². The number of carbonyl (C=O) groups excluding carboxylic acids is 1. The van der Waals surface area contributed by atoms with Crippen molar-refractivity contribution in [2.75, 3.05) is 13.6 Å². The van der Waals surface area contributed by atoms with Crippen LogP contribution in [-0.4, -0.2) is 32.8 Å². The van der Waals surface area contributed by atoms with Crippen LogP contribution in [0.15, 0.2) is 41.3 Å². The number of benzene rings is 2. The fourth-order valence-corrected chi connectivity index (χ4v) is 4.76. The van der Waals surface area contributed by atoms with Crippen LogP contribution in [0.25, 0.3) is 0 Å². The Hall–Kier alpha value is -1.96. The predicted octanol–water partition coefficient (Wildman–Crippen LogP) is 3.68. The Morgan fingerprint density at radius 2 is 1.90 bits per heavy atom. The molecule has 5 nitrogen and oxygen atoms in total. The van der Waals surface area contributed by atoms with E-state index >= 15 is 0 Å². The van der Waals surface area contributed by atoms with Crippen LogP contribution in [-0.2, 0) is 34.2 Å². The molecule has 0 heterocycles. The van der Waals surface area contributed by atoms with Gasteiger partial charge in [0.25, 0.3) is 0 Å². The minimum atomic E-state index is -3.69. The molecule has 8 heteroatoms. The highest BCUT2D eigenvalue weighted by molar-refractivity contribution is 7.89. The average molecular weight is 439 g/mol. The Morgan fingerprint density at radius 1 is 1.17 bits per heavy atom. The standard InChI is InChI=1S/C21H24ClFN2O3S/c1-25(14-18-19(22)7-4-8-20(18)23)21(26)11-12-24-29(27,28)17-10-9-15-5-2-3-6-16(15)13-17/h4,7-10,13,24H,2-3,5-6,11-12,14H2,1H3. The second-order valence-corrected chi connectivity index (χ2v) is 9.41. The minimum Gasteiger partial charge on any atom is -0.341 e. The topological polar surface area (TPSA) is 66.5 Å². The zero-order chi connectivity index (χ0) is 21.0. The fraction of sp³-hybridized carbons (Fsp3) is 0.381. The summed E-state index contributed by atoms with van der Waals surface area (Å²) in [4.78, 5) is 13.9. The zero-order valence-electron chi connectivity index (χ0n) is 16.2. The molecule has 0 bridgehead atoms. The van der Waals surface area contributed by atoms with Gasteiger partial charge in [-0.3, -0.25) is 4.79 Å². The van der Waals surface area contributed by atoms with Crippen LogP contribution in [0.5, 0.6) is 0 Å². The molecular weight excluding hydrogens is 415 g/mol. The summed E-state index contributed by atoms with van der Waals surface area (Å²) in [6.45, 7) is -0.0183. The summed E-state index contributed by atoms with van der Waals surface area (Å²) in [6, 6.07) is 9.56. The minimum absolute atomic E-state index is 0.0158. The van der Waals surface area contributed by atoms with Gasteiger partial charge in [-0.25, -0.2) is 17.5 Å². The second kappa shape index (κ2) is 9.24. The number of aryl methyl sites for hydroxylation is 2. The number of nitrogens with one attached hydrogen (secondary N) is 1. The summed E-state index contributed by atoms with van der Waals surface area (Å²) in [5.41, 5.74) is 2.52. The predicted molar refractivity (Wildman–Crippen MR) is 111 cm³/mol. The zero-order valence-corrected chi connectivity index (χ0v) is 17.8. The van der Waals surface area contributed by atoms with Gasteiger partial charge in [0.2, 0.25) is 15.9 Å². The Bertz CT molecular complexity index is 991. The van der Waals surface area contributed by atoms with E-state index in [1.54, 1.807) is 18.2 Å². The van der Waals surface area contributed by atoms with E-state index in [9.17, 15) is 17.6 Å². The van der Waals surface area contributed by atoms with E-state index in [2.05, 4.69) is 4.72 Å².